The van der Waals surface area contributed by atoms with Crippen molar-refractivity contribution < 1.29 is 9.53 Å². The van der Waals surface area contributed by atoms with Gasteiger partial charge in [0, 0.05) is 18.6 Å². The number of carbonyl (C=O) groups is 1. The Morgan fingerprint density at radius 1 is 1.23 bits per heavy atom. The monoisotopic (exact) mass is 295 g/mol. The Balaban J connectivity index is 1.77. The predicted molar refractivity (Wildman–Crippen MR) is 80.1 cm³/mol. The van der Waals surface area contributed by atoms with Gasteiger partial charge in [-0.3, -0.25) is 9.36 Å². The summed E-state index contributed by atoms with van der Waals surface area (Å²) >= 11 is 0. The fraction of sp³-hybridized carbons (Fsp3) is 0.0667. The van der Waals surface area contributed by atoms with Crippen molar-refractivity contribution >= 4 is 11.6 Å². The Morgan fingerprint density at radius 2 is 2.14 bits per heavy atom. The fourth-order valence-corrected chi connectivity index (χ4v) is 1.93. The summed E-state index contributed by atoms with van der Waals surface area (Å²) in [6.45, 7) is 0. The predicted octanol–water partition coefficient (Wildman–Crippen LogP) is 1.92. The van der Waals surface area contributed by atoms with Gasteiger partial charge in [0.25, 0.3) is 5.91 Å². The Hall–Kier alpha value is -3.22. The minimum absolute atomic E-state index is 0.281. The normalized spacial score (nSPS) is 10.2. The smallest absolute Gasteiger partial charge is 0.261 e. The highest BCUT2D eigenvalue weighted by Crippen LogP contribution is 2.16. The molecule has 0 aliphatic carbocycles. The molecule has 0 atom stereocenters. The second-order valence-electron chi connectivity index (χ2n) is 4.39. The zero-order valence-electron chi connectivity index (χ0n) is 11.8. The summed E-state index contributed by atoms with van der Waals surface area (Å²) in [4.78, 5) is 24.5. The minimum Gasteiger partial charge on any atom is -0.480 e. The lowest BCUT2D eigenvalue weighted by Crippen LogP contribution is -2.14. The van der Waals surface area contributed by atoms with E-state index in [0.29, 0.717) is 11.3 Å². The molecular formula is C15H13N5O2. The van der Waals surface area contributed by atoms with Crippen LogP contribution in [0.2, 0.25) is 0 Å². The molecule has 0 saturated heterocycles. The van der Waals surface area contributed by atoms with E-state index in [1.165, 1.54) is 7.11 Å². The molecule has 3 heterocycles. The third kappa shape index (κ3) is 2.78. The summed E-state index contributed by atoms with van der Waals surface area (Å²) in [5.74, 6) is 0.694. The minimum atomic E-state index is -0.304. The van der Waals surface area contributed by atoms with E-state index in [1.807, 2.05) is 0 Å². The van der Waals surface area contributed by atoms with E-state index in [9.17, 15) is 4.79 Å². The van der Waals surface area contributed by atoms with Gasteiger partial charge in [0.1, 0.15) is 17.7 Å². The van der Waals surface area contributed by atoms with Crippen LogP contribution < -0.4 is 10.1 Å². The van der Waals surface area contributed by atoms with Gasteiger partial charge in [0.15, 0.2) is 0 Å². The highest BCUT2D eigenvalue weighted by Gasteiger charge is 2.13. The quantitative estimate of drug-likeness (QED) is 0.795. The highest BCUT2D eigenvalue weighted by molar-refractivity contribution is 6.05. The molecule has 1 amide bonds. The molecule has 0 saturated carbocycles. The maximum atomic E-state index is 12.2. The van der Waals surface area contributed by atoms with Crippen LogP contribution in [-0.4, -0.2) is 32.5 Å². The maximum Gasteiger partial charge on any atom is 0.261 e. The van der Waals surface area contributed by atoms with E-state index >= 15 is 0 Å². The molecule has 0 aromatic carbocycles. The topological polar surface area (TPSA) is 81.9 Å². The molecule has 0 unspecified atom stereocenters. The zero-order valence-corrected chi connectivity index (χ0v) is 11.8. The van der Waals surface area contributed by atoms with Crippen molar-refractivity contribution in [3.05, 3.63) is 60.9 Å². The van der Waals surface area contributed by atoms with E-state index < -0.39 is 0 Å². The number of hydrogen-bond acceptors (Lipinski definition) is 5. The van der Waals surface area contributed by atoms with Crippen molar-refractivity contribution in [3.63, 3.8) is 0 Å². The molecule has 22 heavy (non-hydrogen) atoms. The molecular weight excluding hydrogens is 282 g/mol. The SMILES string of the molecule is COc1ncccc1C(=O)Nc1ccc(-n2ccnc2)nc1. The van der Waals surface area contributed by atoms with Gasteiger partial charge in [-0.2, -0.15) is 0 Å². The van der Waals surface area contributed by atoms with Crippen LogP contribution in [0.5, 0.6) is 5.88 Å². The lowest BCUT2D eigenvalue weighted by molar-refractivity contribution is 0.102. The van der Waals surface area contributed by atoms with Gasteiger partial charge in [-0.15, -0.1) is 0 Å². The first-order valence-corrected chi connectivity index (χ1v) is 6.52. The maximum absolute atomic E-state index is 12.2. The zero-order chi connectivity index (χ0) is 15.4. The molecule has 3 rings (SSSR count). The van der Waals surface area contributed by atoms with Crippen LogP contribution in [0.1, 0.15) is 10.4 Å². The van der Waals surface area contributed by atoms with Crippen LogP contribution in [0.25, 0.3) is 5.82 Å². The van der Waals surface area contributed by atoms with Crippen molar-refractivity contribution in [2.24, 2.45) is 0 Å². The van der Waals surface area contributed by atoms with Crippen LogP contribution in [0.3, 0.4) is 0 Å². The van der Waals surface area contributed by atoms with Crippen LogP contribution in [0, 0.1) is 0 Å². The molecule has 0 radical (unpaired) electrons. The summed E-state index contributed by atoms with van der Waals surface area (Å²) in [6, 6.07) is 6.88. The van der Waals surface area contributed by atoms with Gasteiger partial charge >= 0.3 is 0 Å². The summed E-state index contributed by atoms with van der Waals surface area (Å²) in [7, 11) is 1.47. The first-order valence-electron chi connectivity index (χ1n) is 6.52. The standard InChI is InChI=1S/C15H13N5O2/c1-22-15-12(3-2-6-17-15)14(21)19-11-4-5-13(18-9-11)20-8-7-16-10-20/h2-10H,1H3,(H,19,21). The van der Waals surface area contributed by atoms with Crippen molar-refractivity contribution in [2.75, 3.05) is 12.4 Å². The first kappa shape index (κ1) is 13.7. The number of rotatable bonds is 4. The summed E-state index contributed by atoms with van der Waals surface area (Å²) in [6.07, 6.45) is 8.27. The van der Waals surface area contributed by atoms with E-state index in [4.69, 9.17) is 4.74 Å². The van der Waals surface area contributed by atoms with Crippen molar-refractivity contribution in [2.45, 2.75) is 0 Å². The lowest BCUT2D eigenvalue weighted by atomic mass is 10.2. The molecule has 0 spiro atoms. The molecule has 110 valence electrons. The van der Waals surface area contributed by atoms with Crippen LogP contribution >= 0.6 is 0 Å². The number of aromatic nitrogens is 4. The fourth-order valence-electron chi connectivity index (χ4n) is 1.93. The number of ether oxygens (including phenoxy) is 1. The van der Waals surface area contributed by atoms with Crippen LogP contribution in [0.15, 0.2) is 55.4 Å². The Labute approximate surface area is 126 Å². The molecule has 1 N–H and O–H groups in total. The Morgan fingerprint density at radius 3 is 2.82 bits per heavy atom. The van der Waals surface area contributed by atoms with Gasteiger partial charge in [-0.05, 0) is 24.3 Å². The van der Waals surface area contributed by atoms with E-state index in [2.05, 4.69) is 20.3 Å². The number of pyridine rings is 2. The first-order chi connectivity index (χ1) is 10.8. The number of nitrogens with one attached hydrogen (secondary N) is 1. The largest absolute Gasteiger partial charge is 0.480 e. The van der Waals surface area contributed by atoms with Crippen LogP contribution in [-0.2, 0) is 0 Å². The molecule has 3 aromatic rings. The summed E-state index contributed by atoms with van der Waals surface area (Å²) in [5, 5.41) is 2.76. The number of methoxy groups -OCH3 is 1. The number of nitrogens with zero attached hydrogens (tertiary/aromatic N) is 4. The van der Waals surface area contributed by atoms with Gasteiger partial charge in [-0.25, -0.2) is 15.0 Å². The Bertz CT molecular complexity index is 769. The number of anilines is 1. The van der Waals surface area contributed by atoms with Gasteiger partial charge in [0.05, 0.1) is 19.0 Å². The van der Waals surface area contributed by atoms with Gasteiger partial charge < -0.3 is 10.1 Å². The van der Waals surface area contributed by atoms with Crippen molar-refractivity contribution in [1.82, 2.24) is 19.5 Å². The molecule has 0 aliphatic rings. The van der Waals surface area contributed by atoms with Crippen LogP contribution in [0.4, 0.5) is 5.69 Å². The van der Waals surface area contributed by atoms with Crippen molar-refractivity contribution in [1.29, 1.82) is 0 Å². The lowest BCUT2D eigenvalue weighted by Gasteiger charge is -2.08. The average Bonchev–Trinajstić information content (AvgIpc) is 3.10. The number of carbonyl (C=O) groups excluding carboxylic acids is 1. The Kier molecular flexibility index (Phi) is 3.78. The van der Waals surface area contributed by atoms with Gasteiger partial charge in [-0.1, -0.05) is 0 Å². The van der Waals surface area contributed by atoms with E-state index in [0.717, 1.165) is 5.82 Å². The highest BCUT2D eigenvalue weighted by atomic mass is 16.5. The molecule has 3 aromatic heterocycles. The average molecular weight is 295 g/mol. The third-order valence-electron chi connectivity index (χ3n) is 2.98. The number of amides is 1. The third-order valence-corrected chi connectivity index (χ3v) is 2.98. The van der Waals surface area contributed by atoms with E-state index in [1.54, 1.807) is 59.9 Å². The molecule has 7 nitrogen and oxygen atoms in total. The summed E-state index contributed by atoms with van der Waals surface area (Å²) in [5.41, 5.74) is 0.948. The molecule has 0 bridgehead atoms. The molecule has 0 aliphatic heterocycles. The number of imidazole rings is 1. The molecule has 0 fully saturated rings. The number of hydrogen-bond donors (Lipinski definition) is 1. The van der Waals surface area contributed by atoms with E-state index in [-0.39, 0.29) is 11.8 Å². The van der Waals surface area contributed by atoms with Gasteiger partial charge in [0.2, 0.25) is 5.88 Å². The second kappa shape index (κ2) is 6.04. The summed E-state index contributed by atoms with van der Waals surface area (Å²) < 4.78 is 6.85. The molecule has 7 heteroatoms. The second-order valence-corrected chi connectivity index (χ2v) is 4.39. The van der Waals surface area contributed by atoms with Crippen molar-refractivity contribution in [3.8, 4) is 11.7 Å².